The van der Waals surface area contributed by atoms with Gasteiger partial charge in [-0.25, -0.2) is 9.29 Å². The molecule has 5 heteroatoms. The molecule has 1 aliphatic rings. The maximum Gasteiger partial charge on any atom is 0.247 e. The Morgan fingerprint density at radius 1 is 1.00 bits per heavy atom. The van der Waals surface area contributed by atoms with E-state index >= 15 is 0 Å². The van der Waals surface area contributed by atoms with Crippen molar-refractivity contribution >= 4 is 29.3 Å². The maximum atomic E-state index is 12.9. The first kappa shape index (κ1) is 13.8. The molecule has 0 spiro atoms. The predicted molar refractivity (Wildman–Crippen MR) is 79.6 cm³/mol. The summed E-state index contributed by atoms with van der Waals surface area (Å²) in [6, 6.07) is 14.9. The first-order chi connectivity index (χ1) is 10.1. The minimum Gasteiger partial charge on any atom is -0.274 e. The Morgan fingerprint density at radius 2 is 1.67 bits per heavy atom. The Labute approximate surface area is 125 Å². The number of halogens is 1. The largest absolute Gasteiger partial charge is 0.274 e. The van der Waals surface area contributed by atoms with Gasteiger partial charge in [-0.15, -0.1) is 11.8 Å². The second-order valence-electron chi connectivity index (χ2n) is 4.67. The highest BCUT2D eigenvalue weighted by Gasteiger charge is 2.40. The van der Waals surface area contributed by atoms with E-state index in [1.807, 2.05) is 30.3 Å². The van der Waals surface area contributed by atoms with Crippen molar-refractivity contribution in [2.24, 2.45) is 0 Å². The topological polar surface area (TPSA) is 37.4 Å². The molecular weight excluding hydrogens is 289 g/mol. The molecule has 0 aromatic heterocycles. The molecule has 2 amide bonds. The number of benzene rings is 2. The van der Waals surface area contributed by atoms with Gasteiger partial charge in [0.1, 0.15) is 5.82 Å². The van der Waals surface area contributed by atoms with Crippen molar-refractivity contribution in [3.63, 3.8) is 0 Å². The van der Waals surface area contributed by atoms with Crippen LogP contribution < -0.4 is 4.90 Å². The summed E-state index contributed by atoms with van der Waals surface area (Å²) in [4.78, 5) is 26.6. The smallest absolute Gasteiger partial charge is 0.247 e. The van der Waals surface area contributed by atoms with Gasteiger partial charge >= 0.3 is 0 Å². The fourth-order valence-electron chi connectivity index (χ4n) is 2.22. The van der Waals surface area contributed by atoms with E-state index in [1.54, 1.807) is 0 Å². The van der Waals surface area contributed by atoms with E-state index in [9.17, 15) is 14.0 Å². The molecule has 106 valence electrons. The van der Waals surface area contributed by atoms with Gasteiger partial charge in [-0.3, -0.25) is 9.59 Å². The molecule has 2 aromatic rings. The van der Waals surface area contributed by atoms with Crippen molar-refractivity contribution in [2.45, 2.75) is 16.6 Å². The van der Waals surface area contributed by atoms with Crippen LogP contribution in [-0.4, -0.2) is 17.1 Å². The van der Waals surface area contributed by atoms with Crippen LogP contribution >= 0.6 is 11.8 Å². The lowest BCUT2D eigenvalue weighted by Crippen LogP contribution is -2.31. The van der Waals surface area contributed by atoms with Gasteiger partial charge in [-0.05, 0) is 36.4 Å². The summed E-state index contributed by atoms with van der Waals surface area (Å²) in [7, 11) is 0. The monoisotopic (exact) mass is 301 g/mol. The molecule has 0 unspecified atom stereocenters. The second-order valence-corrected chi connectivity index (χ2v) is 5.94. The van der Waals surface area contributed by atoms with Crippen LogP contribution in [0, 0.1) is 5.82 Å². The molecule has 1 saturated heterocycles. The zero-order valence-electron chi connectivity index (χ0n) is 11.0. The number of hydrogen-bond donors (Lipinski definition) is 0. The van der Waals surface area contributed by atoms with Crippen LogP contribution in [0.25, 0.3) is 0 Å². The molecule has 0 aliphatic carbocycles. The molecule has 21 heavy (non-hydrogen) atoms. The van der Waals surface area contributed by atoms with Crippen LogP contribution in [0.5, 0.6) is 0 Å². The van der Waals surface area contributed by atoms with Crippen LogP contribution in [-0.2, 0) is 9.59 Å². The van der Waals surface area contributed by atoms with Crippen molar-refractivity contribution in [2.75, 3.05) is 4.90 Å². The standard InChI is InChI=1S/C16H12FNO2S/c17-11-6-8-12(9-7-11)18-15(19)10-14(16(18)20)21-13-4-2-1-3-5-13/h1-9,14H,10H2/t14-/m0/s1. The third-order valence-electron chi connectivity index (χ3n) is 3.21. The highest BCUT2D eigenvalue weighted by Crippen LogP contribution is 2.33. The number of imide groups is 1. The van der Waals surface area contributed by atoms with Crippen molar-refractivity contribution in [1.82, 2.24) is 0 Å². The summed E-state index contributed by atoms with van der Waals surface area (Å²) in [6.07, 6.45) is 0.162. The van der Waals surface area contributed by atoms with Gasteiger partial charge in [0, 0.05) is 11.3 Å². The molecule has 1 aliphatic heterocycles. The minimum atomic E-state index is -0.426. The first-order valence-corrected chi connectivity index (χ1v) is 7.37. The number of carbonyl (C=O) groups is 2. The lowest BCUT2D eigenvalue weighted by atomic mass is 10.3. The van der Waals surface area contributed by atoms with E-state index in [0.717, 1.165) is 9.80 Å². The molecular formula is C16H12FNO2S. The van der Waals surface area contributed by atoms with Crippen LogP contribution in [0.1, 0.15) is 6.42 Å². The summed E-state index contributed by atoms with van der Waals surface area (Å²) < 4.78 is 12.9. The number of hydrogen-bond acceptors (Lipinski definition) is 3. The van der Waals surface area contributed by atoms with Crippen molar-refractivity contribution in [3.05, 3.63) is 60.4 Å². The summed E-state index contributed by atoms with van der Waals surface area (Å²) in [5.41, 5.74) is 0.419. The molecule has 0 radical (unpaired) electrons. The molecule has 0 N–H and O–H groups in total. The molecule has 0 saturated carbocycles. The van der Waals surface area contributed by atoms with Crippen molar-refractivity contribution in [1.29, 1.82) is 0 Å². The Balaban J connectivity index is 1.80. The van der Waals surface area contributed by atoms with E-state index in [1.165, 1.54) is 36.0 Å². The summed E-state index contributed by atoms with van der Waals surface area (Å²) in [6.45, 7) is 0. The quantitative estimate of drug-likeness (QED) is 0.817. The van der Waals surface area contributed by atoms with Gasteiger partial charge in [-0.2, -0.15) is 0 Å². The minimum absolute atomic E-state index is 0.162. The number of thioether (sulfide) groups is 1. The normalized spacial score (nSPS) is 18.3. The van der Waals surface area contributed by atoms with Crippen LogP contribution in [0.3, 0.4) is 0 Å². The number of nitrogens with zero attached hydrogens (tertiary/aromatic N) is 1. The summed E-state index contributed by atoms with van der Waals surface area (Å²) in [5.74, 6) is -0.895. The fraction of sp³-hybridized carbons (Fsp3) is 0.125. The Bertz CT molecular complexity index is 672. The van der Waals surface area contributed by atoms with E-state index in [0.29, 0.717) is 5.69 Å². The fourth-order valence-corrected chi connectivity index (χ4v) is 3.30. The second kappa shape index (κ2) is 5.69. The number of rotatable bonds is 3. The van der Waals surface area contributed by atoms with Gasteiger partial charge in [0.15, 0.2) is 0 Å². The lowest BCUT2D eigenvalue weighted by Gasteiger charge is -2.14. The lowest BCUT2D eigenvalue weighted by molar-refractivity contribution is -0.121. The number of amides is 2. The van der Waals surface area contributed by atoms with Crippen LogP contribution in [0.2, 0.25) is 0 Å². The molecule has 3 rings (SSSR count). The van der Waals surface area contributed by atoms with E-state index < -0.39 is 11.1 Å². The molecule has 1 fully saturated rings. The molecule has 1 atom stereocenters. The first-order valence-electron chi connectivity index (χ1n) is 6.49. The van der Waals surface area contributed by atoms with Gasteiger partial charge in [-0.1, -0.05) is 18.2 Å². The molecule has 0 bridgehead atoms. The molecule has 3 nitrogen and oxygen atoms in total. The van der Waals surface area contributed by atoms with E-state index in [-0.39, 0.29) is 18.2 Å². The van der Waals surface area contributed by atoms with Gasteiger partial charge in [0.05, 0.1) is 10.9 Å². The van der Waals surface area contributed by atoms with Gasteiger partial charge in [0.25, 0.3) is 0 Å². The Morgan fingerprint density at radius 3 is 2.33 bits per heavy atom. The predicted octanol–water partition coefficient (Wildman–Crippen LogP) is 3.25. The SMILES string of the molecule is O=C1C[C@H](Sc2ccccc2)C(=O)N1c1ccc(F)cc1. The maximum absolute atomic E-state index is 12.9. The Hall–Kier alpha value is -2.14. The van der Waals surface area contributed by atoms with Crippen LogP contribution in [0.4, 0.5) is 10.1 Å². The Kier molecular flexibility index (Phi) is 3.75. The molecule has 1 heterocycles. The van der Waals surface area contributed by atoms with Gasteiger partial charge < -0.3 is 0 Å². The highest BCUT2D eigenvalue weighted by molar-refractivity contribution is 8.00. The van der Waals surface area contributed by atoms with Crippen molar-refractivity contribution < 1.29 is 14.0 Å². The summed E-state index contributed by atoms with van der Waals surface area (Å²) in [5, 5.41) is -0.426. The number of carbonyl (C=O) groups excluding carboxylic acids is 2. The van der Waals surface area contributed by atoms with E-state index in [4.69, 9.17) is 0 Å². The highest BCUT2D eigenvalue weighted by atomic mass is 32.2. The van der Waals surface area contributed by atoms with Crippen molar-refractivity contribution in [3.8, 4) is 0 Å². The average Bonchev–Trinajstić information content (AvgIpc) is 2.76. The third kappa shape index (κ3) is 2.83. The molecule has 2 aromatic carbocycles. The van der Waals surface area contributed by atoms with E-state index in [2.05, 4.69) is 0 Å². The number of anilines is 1. The summed E-state index contributed by atoms with van der Waals surface area (Å²) >= 11 is 1.38. The van der Waals surface area contributed by atoms with Crippen LogP contribution in [0.15, 0.2) is 59.5 Å². The zero-order valence-corrected chi connectivity index (χ0v) is 11.8. The average molecular weight is 301 g/mol. The van der Waals surface area contributed by atoms with Gasteiger partial charge in [0.2, 0.25) is 11.8 Å². The third-order valence-corrected chi connectivity index (χ3v) is 4.41. The zero-order chi connectivity index (χ0) is 14.8.